The van der Waals surface area contributed by atoms with Gasteiger partial charge in [0.1, 0.15) is 18.2 Å². The van der Waals surface area contributed by atoms with Gasteiger partial charge >= 0.3 is 0 Å². The highest BCUT2D eigenvalue weighted by Crippen LogP contribution is 2.40. The molecule has 192 valence electrons. The molecule has 1 amide bonds. The number of fused-ring (bicyclic) bond motifs is 1. The van der Waals surface area contributed by atoms with Gasteiger partial charge in [0.25, 0.3) is 5.91 Å². The maximum atomic E-state index is 13.2. The molecule has 2 aromatic rings. The molecule has 6 nitrogen and oxygen atoms in total. The summed E-state index contributed by atoms with van der Waals surface area (Å²) in [6, 6.07) is 8.57. The summed E-state index contributed by atoms with van der Waals surface area (Å²) in [6.45, 7) is 5.73. The highest BCUT2D eigenvalue weighted by atomic mass is 16.5. The van der Waals surface area contributed by atoms with E-state index in [2.05, 4.69) is 39.1 Å². The van der Waals surface area contributed by atoms with Crippen molar-refractivity contribution in [2.75, 3.05) is 39.3 Å². The van der Waals surface area contributed by atoms with Gasteiger partial charge in [0.15, 0.2) is 0 Å². The van der Waals surface area contributed by atoms with Crippen LogP contribution >= 0.6 is 0 Å². The van der Waals surface area contributed by atoms with E-state index < -0.39 is 0 Å². The lowest BCUT2D eigenvalue weighted by Crippen LogP contribution is -2.49. The first-order valence-electron chi connectivity index (χ1n) is 14.2. The number of nitrogens with zero attached hydrogens (tertiary/aromatic N) is 4. The molecule has 3 heterocycles. The SMILES string of the molecule is O=C(c1cnc(C2CC2)nc1)N1CCC2(CCCCc3ccccc3OCCN(CC3CC3)C2)CC1. The number of carbonyl (C=O) groups excluding carboxylic acids is 1. The fourth-order valence-corrected chi connectivity index (χ4v) is 6.18. The first-order chi connectivity index (χ1) is 17.7. The fourth-order valence-electron chi connectivity index (χ4n) is 6.18. The molecule has 1 spiro atoms. The summed E-state index contributed by atoms with van der Waals surface area (Å²) in [4.78, 5) is 26.9. The molecular weight excluding hydrogens is 448 g/mol. The number of likely N-dealkylation sites (tertiary alicyclic amines) is 1. The largest absolute Gasteiger partial charge is 0.492 e. The van der Waals surface area contributed by atoms with Crippen molar-refractivity contribution in [3.8, 4) is 5.75 Å². The molecule has 36 heavy (non-hydrogen) atoms. The van der Waals surface area contributed by atoms with Gasteiger partial charge in [0, 0.05) is 51.0 Å². The summed E-state index contributed by atoms with van der Waals surface area (Å²) in [7, 11) is 0. The van der Waals surface area contributed by atoms with Crippen molar-refractivity contribution in [1.29, 1.82) is 0 Å². The van der Waals surface area contributed by atoms with Crippen LogP contribution < -0.4 is 4.74 Å². The number of amides is 1. The summed E-state index contributed by atoms with van der Waals surface area (Å²) < 4.78 is 6.29. The number of hydrogen-bond donors (Lipinski definition) is 0. The van der Waals surface area contributed by atoms with E-state index in [-0.39, 0.29) is 11.3 Å². The van der Waals surface area contributed by atoms with Crippen LogP contribution in [0.15, 0.2) is 36.7 Å². The summed E-state index contributed by atoms with van der Waals surface area (Å²) in [5.74, 6) is 3.45. The number of aryl methyl sites for hydroxylation is 1. The van der Waals surface area contributed by atoms with Crippen LogP contribution in [0.3, 0.4) is 0 Å². The minimum atomic E-state index is 0.0974. The zero-order valence-corrected chi connectivity index (χ0v) is 21.5. The van der Waals surface area contributed by atoms with Gasteiger partial charge in [0.05, 0.1) is 5.56 Å². The highest BCUT2D eigenvalue weighted by molar-refractivity contribution is 5.93. The van der Waals surface area contributed by atoms with Gasteiger partial charge in [-0.15, -0.1) is 0 Å². The van der Waals surface area contributed by atoms with Gasteiger partial charge in [-0.3, -0.25) is 9.69 Å². The Morgan fingerprint density at radius 2 is 1.75 bits per heavy atom. The van der Waals surface area contributed by atoms with Crippen molar-refractivity contribution < 1.29 is 9.53 Å². The van der Waals surface area contributed by atoms with Crippen LogP contribution in [0.5, 0.6) is 5.75 Å². The molecule has 6 rings (SSSR count). The summed E-state index contributed by atoms with van der Waals surface area (Å²) in [6.07, 6.45) is 15.5. The third-order valence-corrected chi connectivity index (χ3v) is 8.79. The Labute approximate surface area is 215 Å². The molecule has 0 unspecified atom stereocenters. The predicted octanol–water partition coefficient (Wildman–Crippen LogP) is 5.09. The van der Waals surface area contributed by atoms with Crippen molar-refractivity contribution in [2.24, 2.45) is 11.3 Å². The van der Waals surface area contributed by atoms with Gasteiger partial charge < -0.3 is 9.64 Å². The Morgan fingerprint density at radius 3 is 2.50 bits per heavy atom. The predicted molar refractivity (Wildman–Crippen MR) is 140 cm³/mol. The quantitative estimate of drug-likeness (QED) is 0.600. The molecule has 0 bridgehead atoms. The van der Waals surface area contributed by atoms with E-state index >= 15 is 0 Å². The van der Waals surface area contributed by atoms with Crippen LogP contribution in [0.2, 0.25) is 0 Å². The van der Waals surface area contributed by atoms with Crippen LogP contribution in [-0.2, 0) is 6.42 Å². The zero-order valence-electron chi connectivity index (χ0n) is 21.5. The molecule has 0 atom stereocenters. The maximum Gasteiger partial charge on any atom is 0.256 e. The number of benzene rings is 1. The Balaban J connectivity index is 1.12. The lowest BCUT2D eigenvalue weighted by atomic mass is 9.73. The number of para-hydroxylation sites is 1. The maximum absolute atomic E-state index is 13.2. The molecular formula is C30H40N4O2. The van der Waals surface area contributed by atoms with E-state index in [1.165, 1.54) is 57.1 Å². The lowest BCUT2D eigenvalue weighted by Gasteiger charge is -2.45. The summed E-state index contributed by atoms with van der Waals surface area (Å²) in [5, 5.41) is 0. The van der Waals surface area contributed by atoms with Gasteiger partial charge in [-0.2, -0.15) is 0 Å². The number of ether oxygens (including phenoxy) is 1. The molecule has 2 aliphatic carbocycles. The second-order valence-corrected chi connectivity index (χ2v) is 11.7. The van der Waals surface area contributed by atoms with E-state index in [4.69, 9.17) is 4.74 Å². The molecule has 0 N–H and O–H groups in total. The Kier molecular flexibility index (Phi) is 6.96. The average Bonchev–Trinajstić information content (AvgIpc) is 3.82. The first-order valence-corrected chi connectivity index (χ1v) is 14.2. The van der Waals surface area contributed by atoms with E-state index in [0.717, 1.165) is 69.5 Å². The van der Waals surface area contributed by atoms with Gasteiger partial charge in [-0.05, 0) is 80.8 Å². The van der Waals surface area contributed by atoms with Crippen molar-refractivity contribution in [3.63, 3.8) is 0 Å². The number of carbonyl (C=O) groups is 1. The van der Waals surface area contributed by atoms with Crippen molar-refractivity contribution in [3.05, 3.63) is 53.6 Å². The molecule has 6 heteroatoms. The smallest absolute Gasteiger partial charge is 0.256 e. The van der Waals surface area contributed by atoms with E-state index in [9.17, 15) is 4.79 Å². The Hall–Kier alpha value is -2.47. The van der Waals surface area contributed by atoms with E-state index in [0.29, 0.717) is 11.5 Å². The van der Waals surface area contributed by atoms with Crippen LogP contribution in [0.25, 0.3) is 0 Å². The molecule has 2 aliphatic heterocycles. The van der Waals surface area contributed by atoms with Crippen molar-refractivity contribution >= 4 is 5.91 Å². The van der Waals surface area contributed by atoms with Crippen molar-refractivity contribution in [1.82, 2.24) is 19.8 Å². The van der Waals surface area contributed by atoms with Gasteiger partial charge in [-0.1, -0.05) is 24.6 Å². The van der Waals surface area contributed by atoms with Crippen LogP contribution in [0.1, 0.15) is 85.5 Å². The minimum absolute atomic E-state index is 0.0974. The zero-order chi connectivity index (χ0) is 24.4. The molecule has 4 aliphatic rings. The molecule has 1 saturated heterocycles. The van der Waals surface area contributed by atoms with E-state index in [1.54, 1.807) is 12.4 Å². The van der Waals surface area contributed by atoms with E-state index in [1.807, 2.05) is 4.90 Å². The number of piperidine rings is 1. The fraction of sp³-hybridized carbons (Fsp3) is 0.633. The van der Waals surface area contributed by atoms with Crippen LogP contribution in [0.4, 0.5) is 0 Å². The van der Waals surface area contributed by atoms with Gasteiger partial charge in [-0.25, -0.2) is 9.97 Å². The second-order valence-electron chi connectivity index (χ2n) is 11.7. The monoisotopic (exact) mass is 488 g/mol. The number of aromatic nitrogens is 2. The molecule has 0 radical (unpaired) electrons. The Morgan fingerprint density at radius 1 is 0.972 bits per heavy atom. The lowest BCUT2D eigenvalue weighted by molar-refractivity contribution is 0.0368. The molecule has 1 aromatic carbocycles. The Bertz CT molecular complexity index is 1040. The number of hydrogen-bond acceptors (Lipinski definition) is 5. The third kappa shape index (κ3) is 5.74. The summed E-state index contributed by atoms with van der Waals surface area (Å²) >= 11 is 0. The van der Waals surface area contributed by atoms with Crippen molar-refractivity contribution in [2.45, 2.75) is 70.1 Å². The molecule has 1 aromatic heterocycles. The normalized spacial score (nSPS) is 23.3. The highest BCUT2D eigenvalue weighted by Gasteiger charge is 2.38. The van der Waals surface area contributed by atoms with Crippen LogP contribution in [0, 0.1) is 11.3 Å². The average molecular weight is 489 g/mol. The standard InChI is InChI=1S/C30H40N4O2/c35-29(26-19-31-28(32-20-26)25-10-11-25)34-15-13-30(14-16-34)12-4-3-6-24-5-1-2-7-27(24)36-18-17-33(22-30)21-23-8-9-23/h1-2,5,7,19-20,23,25H,3-4,6,8-18,21-22H2. The topological polar surface area (TPSA) is 58.6 Å². The number of rotatable bonds is 4. The van der Waals surface area contributed by atoms with Crippen LogP contribution in [-0.4, -0.2) is 65.0 Å². The summed E-state index contributed by atoms with van der Waals surface area (Å²) in [5.41, 5.74) is 2.27. The third-order valence-electron chi connectivity index (χ3n) is 8.79. The molecule has 3 fully saturated rings. The molecule has 2 saturated carbocycles. The van der Waals surface area contributed by atoms with Gasteiger partial charge in [0.2, 0.25) is 0 Å². The minimum Gasteiger partial charge on any atom is -0.492 e. The second kappa shape index (κ2) is 10.5. The first kappa shape index (κ1) is 23.9.